The molecule has 1 aromatic heterocycles. The molecule has 28 heavy (non-hydrogen) atoms. The summed E-state index contributed by atoms with van der Waals surface area (Å²) in [7, 11) is -3.52. The lowest BCUT2D eigenvalue weighted by Gasteiger charge is -2.35. The molecule has 0 amide bonds. The standard InChI is InChI=1S/C18H22BrN5O3S/c19-15-3-1-2-4-16(15)28(25,26)24-7-5-22(6-8-24)17-13-18(21-14-20-17)23-9-11-27-12-10-23/h1-4,13-14H,5-12H2. The molecule has 2 fully saturated rings. The highest BCUT2D eigenvalue weighted by Crippen LogP contribution is 2.26. The molecule has 2 aliphatic heterocycles. The van der Waals surface area contributed by atoms with Crippen molar-refractivity contribution in [3.8, 4) is 0 Å². The van der Waals surface area contributed by atoms with E-state index < -0.39 is 10.0 Å². The van der Waals surface area contributed by atoms with E-state index in [0.717, 1.165) is 24.7 Å². The van der Waals surface area contributed by atoms with Crippen LogP contribution in [0.15, 0.2) is 46.0 Å². The lowest BCUT2D eigenvalue weighted by atomic mass is 10.3. The minimum Gasteiger partial charge on any atom is -0.378 e. The first kappa shape index (κ1) is 19.6. The molecule has 3 heterocycles. The van der Waals surface area contributed by atoms with Crippen LogP contribution in [0.4, 0.5) is 11.6 Å². The number of sulfonamides is 1. The van der Waals surface area contributed by atoms with E-state index in [4.69, 9.17) is 4.74 Å². The summed E-state index contributed by atoms with van der Waals surface area (Å²) in [4.78, 5) is 13.4. The maximum atomic E-state index is 12.9. The van der Waals surface area contributed by atoms with Crippen molar-refractivity contribution in [1.82, 2.24) is 14.3 Å². The van der Waals surface area contributed by atoms with Gasteiger partial charge in [-0.25, -0.2) is 18.4 Å². The highest BCUT2D eigenvalue weighted by atomic mass is 79.9. The number of piperazine rings is 1. The summed E-state index contributed by atoms with van der Waals surface area (Å²) in [5.41, 5.74) is 0. The Kier molecular flexibility index (Phi) is 5.81. The number of ether oxygens (including phenoxy) is 1. The summed E-state index contributed by atoms with van der Waals surface area (Å²) >= 11 is 3.35. The van der Waals surface area contributed by atoms with Gasteiger partial charge in [-0.15, -0.1) is 0 Å². The second-order valence-electron chi connectivity index (χ2n) is 6.66. The van der Waals surface area contributed by atoms with Gasteiger partial charge in [0.1, 0.15) is 18.0 Å². The lowest BCUT2D eigenvalue weighted by molar-refractivity contribution is 0.122. The Morgan fingerprint density at radius 3 is 2.14 bits per heavy atom. The summed E-state index contributed by atoms with van der Waals surface area (Å²) in [5, 5.41) is 0. The monoisotopic (exact) mass is 467 g/mol. The molecule has 4 rings (SSSR count). The fourth-order valence-corrected chi connectivity index (χ4v) is 5.81. The highest BCUT2D eigenvalue weighted by molar-refractivity contribution is 9.10. The number of hydrogen-bond donors (Lipinski definition) is 0. The third kappa shape index (κ3) is 4.00. The average molecular weight is 468 g/mol. The number of rotatable bonds is 4. The summed E-state index contributed by atoms with van der Waals surface area (Å²) < 4.78 is 33.4. The van der Waals surface area contributed by atoms with E-state index in [1.54, 1.807) is 24.5 Å². The molecule has 1 aromatic carbocycles. The fraction of sp³-hybridized carbons (Fsp3) is 0.444. The molecule has 150 valence electrons. The van der Waals surface area contributed by atoms with Crippen molar-refractivity contribution < 1.29 is 13.2 Å². The van der Waals surface area contributed by atoms with Gasteiger partial charge >= 0.3 is 0 Å². The van der Waals surface area contributed by atoms with E-state index in [1.165, 1.54) is 4.31 Å². The Morgan fingerprint density at radius 1 is 0.893 bits per heavy atom. The Labute approximate surface area is 173 Å². The van der Waals surface area contributed by atoms with Gasteiger partial charge in [0.2, 0.25) is 10.0 Å². The molecule has 0 saturated carbocycles. The first-order valence-corrected chi connectivity index (χ1v) is 11.4. The molecular formula is C18H22BrN5O3S. The van der Waals surface area contributed by atoms with Crippen molar-refractivity contribution in [1.29, 1.82) is 0 Å². The van der Waals surface area contributed by atoms with Crippen LogP contribution in [0.5, 0.6) is 0 Å². The topological polar surface area (TPSA) is 78.9 Å². The smallest absolute Gasteiger partial charge is 0.244 e. The zero-order chi connectivity index (χ0) is 19.6. The molecule has 8 nitrogen and oxygen atoms in total. The van der Waals surface area contributed by atoms with Crippen LogP contribution in [0.2, 0.25) is 0 Å². The van der Waals surface area contributed by atoms with Crippen LogP contribution in [0.1, 0.15) is 0 Å². The molecule has 0 atom stereocenters. The van der Waals surface area contributed by atoms with E-state index in [-0.39, 0.29) is 0 Å². The van der Waals surface area contributed by atoms with Gasteiger partial charge in [-0.05, 0) is 28.1 Å². The third-order valence-electron chi connectivity index (χ3n) is 4.99. The molecule has 2 aromatic rings. The number of halogens is 1. The van der Waals surface area contributed by atoms with Crippen LogP contribution in [0.25, 0.3) is 0 Å². The van der Waals surface area contributed by atoms with Crippen molar-refractivity contribution in [2.24, 2.45) is 0 Å². The van der Waals surface area contributed by atoms with Gasteiger partial charge in [0.05, 0.1) is 18.1 Å². The van der Waals surface area contributed by atoms with Gasteiger partial charge in [0.25, 0.3) is 0 Å². The van der Waals surface area contributed by atoms with E-state index in [0.29, 0.717) is 48.8 Å². The summed E-state index contributed by atoms with van der Waals surface area (Å²) in [6.07, 6.45) is 1.57. The van der Waals surface area contributed by atoms with Crippen LogP contribution in [-0.2, 0) is 14.8 Å². The van der Waals surface area contributed by atoms with Crippen LogP contribution in [0, 0.1) is 0 Å². The second-order valence-corrected chi connectivity index (χ2v) is 9.42. The van der Waals surface area contributed by atoms with Crippen LogP contribution in [-0.4, -0.2) is 75.2 Å². The minimum absolute atomic E-state index is 0.306. The van der Waals surface area contributed by atoms with Gasteiger partial charge in [0, 0.05) is 49.8 Å². The second kappa shape index (κ2) is 8.32. The van der Waals surface area contributed by atoms with Crippen LogP contribution < -0.4 is 9.80 Å². The Morgan fingerprint density at radius 2 is 1.50 bits per heavy atom. The normalized spacial score (nSPS) is 19.0. The molecule has 10 heteroatoms. The first-order chi connectivity index (χ1) is 13.6. The predicted molar refractivity (Wildman–Crippen MR) is 110 cm³/mol. The fourth-order valence-electron chi connectivity index (χ4n) is 3.43. The largest absolute Gasteiger partial charge is 0.378 e. The number of benzene rings is 1. The molecule has 0 unspecified atom stereocenters. The SMILES string of the molecule is O=S(=O)(c1ccccc1Br)N1CCN(c2cc(N3CCOCC3)ncn2)CC1. The van der Waals surface area contributed by atoms with Crippen molar-refractivity contribution in [2.75, 3.05) is 62.3 Å². The van der Waals surface area contributed by atoms with Gasteiger partial charge < -0.3 is 14.5 Å². The van der Waals surface area contributed by atoms with Crippen molar-refractivity contribution in [3.05, 3.63) is 41.1 Å². The molecule has 0 aliphatic carbocycles. The zero-order valence-electron chi connectivity index (χ0n) is 15.4. The summed E-state index contributed by atoms with van der Waals surface area (Å²) in [5.74, 6) is 1.71. The van der Waals surface area contributed by atoms with Gasteiger partial charge in [-0.1, -0.05) is 12.1 Å². The van der Waals surface area contributed by atoms with E-state index in [9.17, 15) is 8.42 Å². The molecular weight excluding hydrogens is 446 g/mol. The number of anilines is 2. The molecule has 0 spiro atoms. The lowest BCUT2D eigenvalue weighted by Crippen LogP contribution is -2.49. The van der Waals surface area contributed by atoms with Gasteiger partial charge in [-0.3, -0.25) is 0 Å². The van der Waals surface area contributed by atoms with Crippen LogP contribution >= 0.6 is 15.9 Å². The summed E-state index contributed by atoms with van der Waals surface area (Å²) in [6.45, 7) is 5.03. The van der Waals surface area contributed by atoms with Crippen molar-refractivity contribution in [3.63, 3.8) is 0 Å². The third-order valence-corrected chi connectivity index (χ3v) is 7.90. The van der Waals surface area contributed by atoms with Gasteiger partial charge in [0.15, 0.2) is 0 Å². The Bertz CT molecular complexity index is 928. The maximum absolute atomic E-state index is 12.9. The van der Waals surface area contributed by atoms with E-state index in [2.05, 4.69) is 35.7 Å². The molecule has 0 bridgehead atoms. The highest BCUT2D eigenvalue weighted by Gasteiger charge is 2.30. The molecule has 0 N–H and O–H groups in total. The summed E-state index contributed by atoms with van der Waals surface area (Å²) in [6, 6.07) is 8.90. The van der Waals surface area contributed by atoms with Crippen molar-refractivity contribution in [2.45, 2.75) is 4.90 Å². The number of nitrogens with zero attached hydrogens (tertiary/aromatic N) is 5. The van der Waals surface area contributed by atoms with E-state index in [1.807, 2.05) is 12.1 Å². The molecule has 2 aliphatic rings. The number of aromatic nitrogens is 2. The molecule has 2 saturated heterocycles. The Balaban J connectivity index is 1.45. The quantitative estimate of drug-likeness (QED) is 0.675. The predicted octanol–water partition coefficient (Wildman–Crippen LogP) is 1.59. The van der Waals surface area contributed by atoms with Crippen molar-refractivity contribution >= 4 is 37.6 Å². The average Bonchev–Trinajstić information content (AvgIpc) is 2.75. The first-order valence-electron chi connectivity index (χ1n) is 9.20. The van der Waals surface area contributed by atoms with Crippen LogP contribution in [0.3, 0.4) is 0 Å². The van der Waals surface area contributed by atoms with Gasteiger partial charge in [-0.2, -0.15) is 4.31 Å². The van der Waals surface area contributed by atoms with E-state index >= 15 is 0 Å². The Hall–Kier alpha value is -1.75. The maximum Gasteiger partial charge on any atom is 0.244 e. The minimum atomic E-state index is -3.52. The number of morpholine rings is 1. The molecule has 0 radical (unpaired) electrons. The number of hydrogen-bond acceptors (Lipinski definition) is 7. The zero-order valence-corrected chi connectivity index (χ0v) is 17.8.